The molecule has 2 aliphatic rings. The van der Waals surface area contributed by atoms with Crippen molar-refractivity contribution < 1.29 is 31.8 Å². The standard InChI is InChI=1S/C17H17F5N4O2/c18-14(19)6-26-12(15-9-2-8(27)3-10(9)15)4-11(25-26)7-1-13(16(23)24-5-7)28-17(20,21)22/h1,4-5,8-10,14-15,27H,2-3,6H2,(H2,23,24)/t8?,9-,10+,15+. The Morgan fingerprint density at radius 1 is 1.25 bits per heavy atom. The first-order chi connectivity index (χ1) is 13.1. The molecule has 4 atom stereocenters. The second kappa shape index (κ2) is 6.57. The SMILES string of the molecule is Nc1ncc(-c2cc([C@H]3[C@@H]4CC(O)C[C@@H]43)n(CC(F)F)n2)cc1OC(F)(F)F. The molecule has 0 aromatic carbocycles. The predicted molar refractivity (Wildman–Crippen MR) is 87.5 cm³/mol. The summed E-state index contributed by atoms with van der Waals surface area (Å²) >= 11 is 0. The van der Waals surface area contributed by atoms with Gasteiger partial charge in [-0.05, 0) is 36.8 Å². The Kier molecular flexibility index (Phi) is 4.44. The molecule has 11 heteroatoms. The number of rotatable bonds is 5. The van der Waals surface area contributed by atoms with Crippen LogP contribution in [0, 0.1) is 11.8 Å². The van der Waals surface area contributed by atoms with Gasteiger partial charge < -0.3 is 15.6 Å². The maximum Gasteiger partial charge on any atom is 0.573 e. The molecule has 4 rings (SSSR count). The second-order valence-electron chi connectivity index (χ2n) is 7.16. The number of anilines is 1. The van der Waals surface area contributed by atoms with E-state index in [1.165, 1.54) is 10.9 Å². The van der Waals surface area contributed by atoms with Crippen molar-refractivity contribution in [2.24, 2.45) is 11.8 Å². The Morgan fingerprint density at radius 2 is 1.93 bits per heavy atom. The number of ether oxygens (including phenoxy) is 1. The number of nitrogen functional groups attached to an aromatic ring is 1. The highest BCUT2D eigenvalue weighted by Crippen LogP contribution is 2.63. The van der Waals surface area contributed by atoms with E-state index >= 15 is 0 Å². The van der Waals surface area contributed by atoms with Crippen molar-refractivity contribution in [2.75, 3.05) is 5.73 Å². The number of pyridine rings is 1. The largest absolute Gasteiger partial charge is 0.573 e. The lowest BCUT2D eigenvalue weighted by Crippen LogP contribution is -2.18. The lowest BCUT2D eigenvalue weighted by molar-refractivity contribution is -0.274. The van der Waals surface area contributed by atoms with Gasteiger partial charge in [-0.15, -0.1) is 13.2 Å². The quantitative estimate of drug-likeness (QED) is 0.748. The number of hydrogen-bond acceptors (Lipinski definition) is 5. The van der Waals surface area contributed by atoms with E-state index in [0.29, 0.717) is 18.5 Å². The third-order valence-corrected chi connectivity index (χ3v) is 5.29. The van der Waals surface area contributed by atoms with Crippen LogP contribution in [0.2, 0.25) is 0 Å². The van der Waals surface area contributed by atoms with Gasteiger partial charge in [-0.25, -0.2) is 13.8 Å². The molecule has 2 heterocycles. The minimum Gasteiger partial charge on any atom is -0.402 e. The maximum absolute atomic E-state index is 13.0. The van der Waals surface area contributed by atoms with E-state index in [0.717, 1.165) is 6.07 Å². The van der Waals surface area contributed by atoms with Gasteiger partial charge in [-0.1, -0.05) is 0 Å². The van der Waals surface area contributed by atoms with Crippen molar-refractivity contribution in [3.63, 3.8) is 0 Å². The molecule has 0 aliphatic heterocycles. The van der Waals surface area contributed by atoms with Gasteiger partial charge >= 0.3 is 6.36 Å². The van der Waals surface area contributed by atoms with Crippen molar-refractivity contribution in [1.29, 1.82) is 0 Å². The molecule has 0 bridgehead atoms. The number of fused-ring (bicyclic) bond motifs is 1. The Labute approximate surface area is 156 Å². The van der Waals surface area contributed by atoms with Gasteiger partial charge in [0, 0.05) is 23.4 Å². The van der Waals surface area contributed by atoms with E-state index in [4.69, 9.17) is 5.73 Å². The number of aromatic nitrogens is 3. The summed E-state index contributed by atoms with van der Waals surface area (Å²) in [6.07, 6.45) is -5.52. The van der Waals surface area contributed by atoms with E-state index in [2.05, 4.69) is 14.8 Å². The van der Waals surface area contributed by atoms with Crippen LogP contribution in [0.5, 0.6) is 5.75 Å². The zero-order chi connectivity index (χ0) is 20.2. The summed E-state index contributed by atoms with van der Waals surface area (Å²) in [4.78, 5) is 3.69. The van der Waals surface area contributed by atoms with Crippen LogP contribution in [-0.2, 0) is 6.54 Å². The van der Waals surface area contributed by atoms with Gasteiger partial charge in [0.2, 0.25) is 0 Å². The lowest BCUT2D eigenvalue weighted by Gasteiger charge is -2.11. The minimum absolute atomic E-state index is 0.0102. The van der Waals surface area contributed by atoms with Crippen molar-refractivity contribution in [3.05, 3.63) is 24.0 Å². The molecule has 1 unspecified atom stereocenters. The molecule has 0 spiro atoms. The van der Waals surface area contributed by atoms with Crippen LogP contribution >= 0.6 is 0 Å². The van der Waals surface area contributed by atoms with Gasteiger partial charge in [0.15, 0.2) is 11.6 Å². The fourth-order valence-electron chi connectivity index (χ4n) is 4.17. The van der Waals surface area contributed by atoms with Crippen LogP contribution in [-0.4, -0.2) is 38.8 Å². The van der Waals surface area contributed by atoms with Gasteiger partial charge in [0.25, 0.3) is 6.43 Å². The molecule has 28 heavy (non-hydrogen) atoms. The van der Waals surface area contributed by atoms with Gasteiger partial charge in [-0.2, -0.15) is 5.10 Å². The van der Waals surface area contributed by atoms with E-state index in [9.17, 15) is 27.1 Å². The molecule has 0 radical (unpaired) electrons. The van der Waals surface area contributed by atoms with Gasteiger partial charge in [0.1, 0.15) is 6.54 Å². The molecule has 2 fully saturated rings. The van der Waals surface area contributed by atoms with Crippen molar-refractivity contribution in [2.45, 2.75) is 44.2 Å². The number of hydrogen-bond donors (Lipinski definition) is 2. The minimum atomic E-state index is -4.94. The fraction of sp³-hybridized carbons (Fsp3) is 0.529. The molecule has 2 saturated carbocycles. The summed E-state index contributed by atoms with van der Waals surface area (Å²) in [5.74, 6) is -0.689. The molecule has 3 N–H and O–H groups in total. The van der Waals surface area contributed by atoms with Crippen molar-refractivity contribution in [3.8, 4) is 17.0 Å². The summed E-state index contributed by atoms with van der Waals surface area (Å²) in [5.41, 5.74) is 6.40. The third kappa shape index (κ3) is 3.62. The fourth-order valence-corrected chi connectivity index (χ4v) is 4.17. The molecular formula is C17H17F5N4O2. The van der Waals surface area contributed by atoms with Crippen LogP contribution in [0.3, 0.4) is 0 Å². The first-order valence-electron chi connectivity index (χ1n) is 8.68. The van der Waals surface area contributed by atoms with Crippen LogP contribution in [0.25, 0.3) is 11.3 Å². The van der Waals surface area contributed by atoms with E-state index in [-0.39, 0.29) is 35.1 Å². The summed E-state index contributed by atoms with van der Waals surface area (Å²) in [7, 11) is 0. The van der Waals surface area contributed by atoms with Crippen molar-refractivity contribution >= 4 is 5.82 Å². The normalized spacial score (nSPS) is 26.5. The molecule has 0 amide bonds. The highest BCUT2D eigenvalue weighted by Gasteiger charge is 2.57. The average Bonchev–Trinajstić information content (AvgIpc) is 2.91. The second-order valence-corrected chi connectivity index (χ2v) is 7.16. The monoisotopic (exact) mass is 404 g/mol. The highest BCUT2D eigenvalue weighted by molar-refractivity contribution is 5.64. The maximum atomic E-state index is 13.0. The summed E-state index contributed by atoms with van der Waals surface area (Å²) < 4.78 is 68.5. The molecule has 2 aliphatic carbocycles. The lowest BCUT2D eigenvalue weighted by atomic mass is 10.1. The smallest absolute Gasteiger partial charge is 0.402 e. The summed E-state index contributed by atoms with van der Waals surface area (Å²) in [6.45, 7) is -0.623. The number of alkyl halides is 5. The molecule has 152 valence electrons. The molecule has 0 saturated heterocycles. The number of nitrogens with zero attached hydrogens (tertiary/aromatic N) is 3. The number of halogens is 5. The van der Waals surface area contributed by atoms with Crippen LogP contribution < -0.4 is 10.5 Å². The Hall–Kier alpha value is -2.43. The number of aliphatic hydroxyl groups is 1. The van der Waals surface area contributed by atoms with E-state index in [1.54, 1.807) is 6.07 Å². The summed E-state index contributed by atoms with van der Waals surface area (Å²) in [5, 5.41) is 13.8. The predicted octanol–water partition coefficient (Wildman–Crippen LogP) is 3.18. The third-order valence-electron chi connectivity index (χ3n) is 5.29. The van der Waals surface area contributed by atoms with Crippen LogP contribution in [0.1, 0.15) is 24.5 Å². The molecule has 2 aromatic rings. The Balaban J connectivity index is 1.66. The zero-order valence-electron chi connectivity index (χ0n) is 14.4. The van der Waals surface area contributed by atoms with Crippen molar-refractivity contribution in [1.82, 2.24) is 14.8 Å². The molecular weight excluding hydrogens is 387 g/mol. The van der Waals surface area contributed by atoms with E-state index in [1.807, 2.05) is 0 Å². The van der Waals surface area contributed by atoms with Crippen LogP contribution in [0.4, 0.5) is 27.8 Å². The van der Waals surface area contributed by atoms with Crippen LogP contribution in [0.15, 0.2) is 18.3 Å². The molecule has 2 aromatic heterocycles. The zero-order valence-corrected chi connectivity index (χ0v) is 14.4. The first-order valence-corrected chi connectivity index (χ1v) is 8.68. The average molecular weight is 404 g/mol. The Morgan fingerprint density at radius 3 is 2.54 bits per heavy atom. The van der Waals surface area contributed by atoms with Gasteiger partial charge in [0.05, 0.1) is 11.8 Å². The number of aliphatic hydroxyl groups excluding tert-OH is 1. The Bertz CT molecular complexity index is 873. The molecule has 6 nitrogen and oxygen atoms in total. The topological polar surface area (TPSA) is 86.2 Å². The summed E-state index contributed by atoms with van der Waals surface area (Å²) in [6, 6.07) is 2.62. The van der Waals surface area contributed by atoms with Gasteiger partial charge in [-0.3, -0.25) is 4.68 Å². The number of nitrogens with two attached hydrogens (primary N) is 1. The van der Waals surface area contributed by atoms with E-state index < -0.39 is 30.9 Å². The first kappa shape index (κ1) is 18.9. The highest BCUT2D eigenvalue weighted by atomic mass is 19.4.